The maximum absolute atomic E-state index is 13.6. The second kappa shape index (κ2) is 12.7. The van der Waals surface area contributed by atoms with Crippen molar-refractivity contribution in [2.45, 2.75) is 73.4 Å². The lowest BCUT2D eigenvalue weighted by Crippen LogP contribution is -2.46. The SMILES string of the molecule is CCCC[C@@H](CC)C(=O)N(CC(=O)N(Cc1ccc2c(c1)OCO2)Cc1ccc(C)o1)CC(C)C. The number of hydrogen-bond donors (Lipinski definition) is 0. The summed E-state index contributed by atoms with van der Waals surface area (Å²) in [6.07, 6.45) is 3.72. The van der Waals surface area contributed by atoms with E-state index in [1.54, 1.807) is 9.80 Å². The molecule has 0 fully saturated rings. The number of furan rings is 1. The van der Waals surface area contributed by atoms with Gasteiger partial charge in [-0.2, -0.15) is 0 Å². The predicted octanol–water partition coefficient (Wildman–Crippen LogP) is 5.55. The zero-order valence-corrected chi connectivity index (χ0v) is 21.8. The third kappa shape index (κ3) is 7.51. The van der Waals surface area contributed by atoms with Crippen LogP contribution >= 0.6 is 0 Å². The highest BCUT2D eigenvalue weighted by Crippen LogP contribution is 2.33. The number of ether oxygens (including phenoxy) is 2. The van der Waals surface area contributed by atoms with Gasteiger partial charge in [-0.05, 0) is 55.5 Å². The highest BCUT2D eigenvalue weighted by Gasteiger charge is 2.27. The number of rotatable bonds is 13. The van der Waals surface area contributed by atoms with Crippen LogP contribution in [0.2, 0.25) is 0 Å². The number of nitrogens with zero attached hydrogens (tertiary/aromatic N) is 2. The standard InChI is InChI=1S/C28H40N2O5/c1-6-8-9-23(7-2)28(32)30(15-20(3)4)18-27(31)29(17-24-12-10-21(5)35-24)16-22-11-13-25-26(14-22)34-19-33-25/h10-14,20,23H,6-9,15-19H2,1-5H3/t23-/m1/s1. The highest BCUT2D eigenvalue weighted by atomic mass is 16.7. The Morgan fingerprint density at radius 1 is 1.00 bits per heavy atom. The second-order valence-corrected chi connectivity index (χ2v) is 9.81. The third-order valence-corrected chi connectivity index (χ3v) is 6.28. The van der Waals surface area contributed by atoms with Crippen molar-refractivity contribution in [3.63, 3.8) is 0 Å². The van der Waals surface area contributed by atoms with E-state index in [-0.39, 0.29) is 37.0 Å². The monoisotopic (exact) mass is 484 g/mol. The summed E-state index contributed by atoms with van der Waals surface area (Å²) in [4.78, 5) is 30.6. The Kier molecular flexibility index (Phi) is 9.64. The maximum atomic E-state index is 13.6. The fourth-order valence-electron chi connectivity index (χ4n) is 4.40. The number of benzene rings is 1. The molecule has 0 aliphatic carbocycles. The molecule has 3 rings (SSSR count). The summed E-state index contributed by atoms with van der Waals surface area (Å²) in [7, 11) is 0. The lowest BCUT2D eigenvalue weighted by Gasteiger charge is -2.31. The fraction of sp³-hybridized carbons (Fsp3) is 0.571. The average molecular weight is 485 g/mol. The molecule has 35 heavy (non-hydrogen) atoms. The van der Waals surface area contributed by atoms with Gasteiger partial charge in [0.2, 0.25) is 18.6 Å². The number of unbranched alkanes of at least 4 members (excludes halogenated alkanes) is 1. The van der Waals surface area contributed by atoms with Gasteiger partial charge in [-0.25, -0.2) is 0 Å². The van der Waals surface area contributed by atoms with E-state index >= 15 is 0 Å². The summed E-state index contributed by atoms with van der Waals surface area (Å²) in [5, 5.41) is 0. The van der Waals surface area contributed by atoms with Crippen LogP contribution in [0.1, 0.15) is 70.5 Å². The number of carbonyl (C=O) groups is 2. The summed E-state index contributed by atoms with van der Waals surface area (Å²) in [6.45, 7) is 11.8. The van der Waals surface area contributed by atoms with Crippen LogP contribution in [0.4, 0.5) is 0 Å². The normalized spacial score (nSPS) is 13.2. The first-order valence-electron chi connectivity index (χ1n) is 12.8. The van der Waals surface area contributed by atoms with Crippen LogP contribution < -0.4 is 9.47 Å². The topological polar surface area (TPSA) is 72.2 Å². The zero-order chi connectivity index (χ0) is 25.4. The van der Waals surface area contributed by atoms with E-state index in [9.17, 15) is 9.59 Å². The van der Waals surface area contributed by atoms with Crippen molar-refractivity contribution in [3.05, 3.63) is 47.4 Å². The van der Waals surface area contributed by atoms with Gasteiger partial charge in [-0.3, -0.25) is 9.59 Å². The zero-order valence-electron chi connectivity index (χ0n) is 21.8. The van der Waals surface area contributed by atoms with Crippen LogP contribution in [-0.2, 0) is 22.7 Å². The summed E-state index contributed by atoms with van der Waals surface area (Å²) in [5.74, 6) is 3.11. The highest BCUT2D eigenvalue weighted by molar-refractivity contribution is 5.86. The first-order chi connectivity index (χ1) is 16.8. The number of amides is 2. The van der Waals surface area contributed by atoms with Gasteiger partial charge < -0.3 is 23.7 Å². The Labute approximate surface area is 209 Å². The van der Waals surface area contributed by atoms with E-state index in [0.717, 1.165) is 37.0 Å². The quantitative estimate of drug-likeness (QED) is 0.373. The van der Waals surface area contributed by atoms with Gasteiger partial charge in [0.05, 0.1) is 13.1 Å². The molecule has 1 aromatic heterocycles. The van der Waals surface area contributed by atoms with Crippen LogP contribution in [0.25, 0.3) is 0 Å². The molecule has 192 valence electrons. The average Bonchev–Trinajstić information content (AvgIpc) is 3.46. The first-order valence-corrected chi connectivity index (χ1v) is 12.8. The van der Waals surface area contributed by atoms with E-state index in [1.165, 1.54) is 0 Å². The second-order valence-electron chi connectivity index (χ2n) is 9.81. The Morgan fingerprint density at radius 2 is 1.77 bits per heavy atom. The minimum absolute atomic E-state index is 0.0449. The number of carbonyl (C=O) groups excluding carboxylic acids is 2. The molecule has 0 unspecified atom stereocenters. The minimum Gasteiger partial charge on any atom is -0.464 e. The molecule has 0 spiro atoms. The van der Waals surface area contributed by atoms with Crippen molar-refractivity contribution in [2.24, 2.45) is 11.8 Å². The maximum Gasteiger partial charge on any atom is 0.242 e. The Balaban J connectivity index is 1.79. The van der Waals surface area contributed by atoms with Crippen LogP contribution in [-0.4, -0.2) is 41.5 Å². The predicted molar refractivity (Wildman–Crippen MR) is 135 cm³/mol. The van der Waals surface area contributed by atoms with Gasteiger partial charge in [-0.1, -0.05) is 46.6 Å². The number of fused-ring (bicyclic) bond motifs is 1. The number of hydrogen-bond acceptors (Lipinski definition) is 5. The van der Waals surface area contributed by atoms with Crippen LogP contribution in [0.5, 0.6) is 11.5 Å². The molecule has 0 bridgehead atoms. The molecule has 1 aliphatic heterocycles. The molecular weight excluding hydrogens is 444 g/mol. The molecule has 1 aliphatic rings. The largest absolute Gasteiger partial charge is 0.464 e. The fourth-order valence-corrected chi connectivity index (χ4v) is 4.40. The van der Waals surface area contributed by atoms with Crippen LogP contribution in [0.3, 0.4) is 0 Å². The Bertz CT molecular complexity index is 983. The van der Waals surface area contributed by atoms with Crippen molar-refractivity contribution < 1.29 is 23.5 Å². The van der Waals surface area contributed by atoms with E-state index in [1.807, 2.05) is 37.3 Å². The molecule has 0 saturated carbocycles. The molecule has 0 N–H and O–H groups in total. The van der Waals surface area contributed by atoms with E-state index in [0.29, 0.717) is 36.9 Å². The lowest BCUT2D eigenvalue weighted by atomic mass is 9.97. The minimum atomic E-state index is -0.101. The Hall–Kier alpha value is -2.96. The van der Waals surface area contributed by atoms with Crippen molar-refractivity contribution >= 4 is 11.8 Å². The third-order valence-electron chi connectivity index (χ3n) is 6.28. The molecule has 0 radical (unpaired) electrons. The van der Waals surface area contributed by atoms with Crippen molar-refractivity contribution in [1.82, 2.24) is 9.80 Å². The molecular formula is C28H40N2O5. The van der Waals surface area contributed by atoms with Gasteiger partial charge >= 0.3 is 0 Å². The Morgan fingerprint density at radius 3 is 2.43 bits per heavy atom. The van der Waals surface area contributed by atoms with Gasteiger partial charge in [0.25, 0.3) is 0 Å². The molecule has 7 heteroatoms. The van der Waals surface area contributed by atoms with Crippen LogP contribution in [0.15, 0.2) is 34.7 Å². The smallest absolute Gasteiger partial charge is 0.242 e. The van der Waals surface area contributed by atoms with Crippen molar-refractivity contribution in [2.75, 3.05) is 19.9 Å². The summed E-state index contributed by atoms with van der Waals surface area (Å²) in [6, 6.07) is 9.50. The molecule has 0 saturated heterocycles. The summed E-state index contributed by atoms with van der Waals surface area (Å²) >= 11 is 0. The lowest BCUT2D eigenvalue weighted by molar-refractivity contribution is -0.144. The van der Waals surface area contributed by atoms with Gasteiger partial charge in [0, 0.05) is 19.0 Å². The first kappa shape index (κ1) is 26.6. The van der Waals surface area contributed by atoms with Gasteiger partial charge in [0.1, 0.15) is 11.5 Å². The van der Waals surface area contributed by atoms with Crippen molar-refractivity contribution in [3.8, 4) is 11.5 Å². The summed E-state index contributed by atoms with van der Waals surface area (Å²) in [5.41, 5.74) is 0.932. The summed E-state index contributed by atoms with van der Waals surface area (Å²) < 4.78 is 16.7. The van der Waals surface area contributed by atoms with Gasteiger partial charge in [0.15, 0.2) is 11.5 Å². The van der Waals surface area contributed by atoms with Crippen LogP contribution in [0, 0.1) is 18.8 Å². The molecule has 1 atom stereocenters. The van der Waals surface area contributed by atoms with E-state index < -0.39 is 0 Å². The molecule has 1 aromatic carbocycles. The number of aryl methyl sites for hydroxylation is 1. The molecule has 2 amide bonds. The van der Waals surface area contributed by atoms with Gasteiger partial charge in [-0.15, -0.1) is 0 Å². The van der Waals surface area contributed by atoms with E-state index in [2.05, 4.69) is 27.7 Å². The molecule has 2 heterocycles. The molecule has 2 aromatic rings. The van der Waals surface area contributed by atoms with E-state index in [4.69, 9.17) is 13.9 Å². The molecule has 7 nitrogen and oxygen atoms in total. The van der Waals surface area contributed by atoms with Crippen molar-refractivity contribution in [1.29, 1.82) is 0 Å².